The fourth-order valence-electron chi connectivity index (χ4n) is 2.84. The number of hydrogen-bond acceptors (Lipinski definition) is 4. The second-order valence-corrected chi connectivity index (χ2v) is 7.13. The highest BCUT2D eigenvalue weighted by Crippen LogP contribution is 2.45. The molecule has 2 heterocycles. The summed E-state index contributed by atoms with van der Waals surface area (Å²) in [5.74, 6) is 0.434. The van der Waals surface area contributed by atoms with Crippen LogP contribution in [0.5, 0.6) is 5.75 Å². The first-order valence-electron chi connectivity index (χ1n) is 8.57. The van der Waals surface area contributed by atoms with E-state index in [-0.39, 0.29) is 23.7 Å². The largest absolute Gasteiger partial charge is 0.484 e. The molecular weight excluding hydrogens is 337 g/mol. The standard InChI is InChI=1S/C19H20FN3O3/c1-11-5-14(23-26-11)10-25-17-8-16-12(7-15(17)20)6-13(22-16)9-21-18(24)19(2)3-4-19/h5-8,22H,3-4,9-10H2,1-2H3,(H,21,24). The molecule has 1 aliphatic rings. The predicted molar refractivity (Wildman–Crippen MR) is 93.0 cm³/mol. The van der Waals surface area contributed by atoms with Crippen molar-refractivity contribution in [3.63, 3.8) is 0 Å². The number of H-pyrrole nitrogens is 1. The van der Waals surface area contributed by atoms with E-state index >= 15 is 0 Å². The van der Waals surface area contributed by atoms with Crippen LogP contribution in [0.15, 0.2) is 28.8 Å². The monoisotopic (exact) mass is 357 g/mol. The van der Waals surface area contributed by atoms with Crippen LogP contribution in [-0.4, -0.2) is 16.0 Å². The first kappa shape index (κ1) is 16.6. The van der Waals surface area contributed by atoms with Crippen molar-refractivity contribution in [1.29, 1.82) is 0 Å². The molecule has 0 aliphatic heterocycles. The summed E-state index contributed by atoms with van der Waals surface area (Å²) in [5, 5.41) is 7.48. The van der Waals surface area contributed by atoms with Crippen LogP contribution in [0.2, 0.25) is 0 Å². The molecule has 2 N–H and O–H groups in total. The van der Waals surface area contributed by atoms with Gasteiger partial charge < -0.3 is 19.6 Å². The van der Waals surface area contributed by atoms with Gasteiger partial charge in [-0.3, -0.25) is 4.79 Å². The number of fused-ring (bicyclic) bond motifs is 1. The van der Waals surface area contributed by atoms with Crippen molar-refractivity contribution in [2.24, 2.45) is 5.41 Å². The third-order valence-corrected chi connectivity index (χ3v) is 4.77. The molecule has 0 atom stereocenters. The van der Waals surface area contributed by atoms with Gasteiger partial charge in [0, 0.05) is 34.1 Å². The summed E-state index contributed by atoms with van der Waals surface area (Å²) < 4.78 is 24.7. The van der Waals surface area contributed by atoms with E-state index < -0.39 is 5.82 Å². The third-order valence-electron chi connectivity index (χ3n) is 4.77. The number of amides is 1. The fraction of sp³-hybridized carbons (Fsp3) is 0.368. The number of nitrogens with one attached hydrogen (secondary N) is 2. The van der Waals surface area contributed by atoms with Gasteiger partial charge in [0.25, 0.3) is 0 Å². The molecule has 6 nitrogen and oxygen atoms in total. The minimum Gasteiger partial charge on any atom is -0.484 e. The minimum absolute atomic E-state index is 0.0641. The van der Waals surface area contributed by atoms with Gasteiger partial charge in [0.05, 0.1) is 6.54 Å². The maximum Gasteiger partial charge on any atom is 0.226 e. The molecule has 136 valence electrons. The summed E-state index contributed by atoms with van der Waals surface area (Å²) in [5.41, 5.74) is 1.96. The van der Waals surface area contributed by atoms with Gasteiger partial charge in [-0.2, -0.15) is 0 Å². The summed E-state index contributed by atoms with van der Waals surface area (Å²) in [6, 6.07) is 6.61. The Hall–Kier alpha value is -2.83. The van der Waals surface area contributed by atoms with Gasteiger partial charge in [-0.15, -0.1) is 0 Å². The van der Waals surface area contributed by atoms with Crippen LogP contribution >= 0.6 is 0 Å². The summed E-state index contributed by atoms with van der Waals surface area (Å²) in [6.45, 7) is 4.26. The van der Waals surface area contributed by atoms with E-state index in [2.05, 4.69) is 15.5 Å². The number of aryl methyl sites for hydroxylation is 1. The van der Waals surface area contributed by atoms with Gasteiger partial charge >= 0.3 is 0 Å². The Labute approximate surface area is 149 Å². The lowest BCUT2D eigenvalue weighted by molar-refractivity contribution is -0.125. The molecule has 0 unspecified atom stereocenters. The summed E-state index contributed by atoms with van der Waals surface area (Å²) in [7, 11) is 0. The topological polar surface area (TPSA) is 80.1 Å². The molecule has 3 aromatic rings. The molecule has 0 spiro atoms. The van der Waals surface area contributed by atoms with Crippen molar-refractivity contribution in [3.8, 4) is 5.75 Å². The van der Waals surface area contributed by atoms with Crippen molar-refractivity contribution >= 4 is 16.8 Å². The predicted octanol–water partition coefficient (Wildman–Crippen LogP) is 3.60. The summed E-state index contributed by atoms with van der Waals surface area (Å²) in [6.07, 6.45) is 1.87. The number of carbonyl (C=O) groups is 1. The first-order chi connectivity index (χ1) is 12.4. The van der Waals surface area contributed by atoms with Crippen LogP contribution in [-0.2, 0) is 17.9 Å². The lowest BCUT2D eigenvalue weighted by Crippen LogP contribution is -2.29. The molecule has 1 amide bonds. The lowest BCUT2D eigenvalue weighted by Gasteiger charge is -2.08. The quantitative estimate of drug-likeness (QED) is 0.706. The van der Waals surface area contributed by atoms with Gasteiger partial charge in [0.1, 0.15) is 18.1 Å². The molecule has 0 radical (unpaired) electrons. The normalized spacial score (nSPS) is 15.2. The highest BCUT2D eigenvalue weighted by atomic mass is 19.1. The van der Waals surface area contributed by atoms with Gasteiger partial charge in [0.2, 0.25) is 5.91 Å². The number of rotatable bonds is 6. The van der Waals surface area contributed by atoms with Crippen LogP contribution in [0.4, 0.5) is 4.39 Å². The zero-order chi connectivity index (χ0) is 18.3. The number of aromatic amines is 1. The van der Waals surface area contributed by atoms with E-state index in [0.29, 0.717) is 18.0 Å². The van der Waals surface area contributed by atoms with Crippen LogP contribution in [0, 0.1) is 18.2 Å². The highest BCUT2D eigenvalue weighted by Gasteiger charge is 2.44. The Kier molecular flexibility index (Phi) is 3.94. The Morgan fingerprint density at radius 1 is 1.38 bits per heavy atom. The average Bonchev–Trinajstić information content (AvgIpc) is 3.04. The molecule has 1 aliphatic carbocycles. The lowest BCUT2D eigenvalue weighted by atomic mass is 10.1. The highest BCUT2D eigenvalue weighted by molar-refractivity contribution is 5.85. The SMILES string of the molecule is Cc1cc(COc2cc3[nH]c(CNC(=O)C4(C)CC4)cc3cc2F)no1. The molecule has 7 heteroatoms. The van der Waals surface area contributed by atoms with Gasteiger partial charge in [-0.05, 0) is 31.9 Å². The molecular formula is C19H20FN3O3. The molecule has 0 bridgehead atoms. The minimum atomic E-state index is -0.446. The number of ether oxygens (including phenoxy) is 1. The van der Waals surface area contributed by atoms with E-state index in [1.165, 1.54) is 6.07 Å². The zero-order valence-electron chi connectivity index (χ0n) is 14.7. The van der Waals surface area contributed by atoms with E-state index in [1.54, 1.807) is 19.1 Å². The summed E-state index contributed by atoms with van der Waals surface area (Å²) in [4.78, 5) is 15.2. The van der Waals surface area contributed by atoms with Crippen molar-refractivity contribution < 1.29 is 18.4 Å². The zero-order valence-corrected chi connectivity index (χ0v) is 14.7. The van der Waals surface area contributed by atoms with Gasteiger partial charge in [-0.25, -0.2) is 4.39 Å². The van der Waals surface area contributed by atoms with E-state index in [4.69, 9.17) is 9.26 Å². The van der Waals surface area contributed by atoms with Crippen molar-refractivity contribution in [2.45, 2.75) is 39.8 Å². The van der Waals surface area contributed by atoms with Crippen molar-refractivity contribution in [2.75, 3.05) is 0 Å². The van der Waals surface area contributed by atoms with E-state index in [1.807, 2.05) is 13.0 Å². The molecule has 26 heavy (non-hydrogen) atoms. The van der Waals surface area contributed by atoms with E-state index in [9.17, 15) is 9.18 Å². The number of aromatic nitrogens is 2. The number of nitrogens with zero attached hydrogens (tertiary/aromatic N) is 1. The number of carbonyl (C=O) groups excluding carboxylic acids is 1. The number of halogens is 1. The smallest absolute Gasteiger partial charge is 0.226 e. The Morgan fingerprint density at radius 2 is 2.19 bits per heavy atom. The molecule has 2 aromatic heterocycles. The Morgan fingerprint density at radius 3 is 2.88 bits per heavy atom. The fourth-order valence-corrected chi connectivity index (χ4v) is 2.84. The maximum atomic E-state index is 14.3. The first-order valence-corrected chi connectivity index (χ1v) is 8.57. The van der Waals surface area contributed by atoms with Crippen LogP contribution in [0.25, 0.3) is 10.9 Å². The molecule has 0 saturated heterocycles. The Balaban J connectivity index is 1.46. The third kappa shape index (κ3) is 3.29. The van der Waals surface area contributed by atoms with Crippen molar-refractivity contribution in [3.05, 3.63) is 47.2 Å². The molecule has 1 aromatic carbocycles. The van der Waals surface area contributed by atoms with E-state index in [0.717, 1.165) is 29.4 Å². The molecule has 1 saturated carbocycles. The second-order valence-electron chi connectivity index (χ2n) is 7.13. The average molecular weight is 357 g/mol. The second kappa shape index (κ2) is 6.16. The molecule has 1 fully saturated rings. The van der Waals surface area contributed by atoms with Gasteiger partial charge in [-0.1, -0.05) is 12.1 Å². The van der Waals surface area contributed by atoms with Crippen LogP contribution in [0.1, 0.15) is 36.9 Å². The van der Waals surface area contributed by atoms with Crippen LogP contribution < -0.4 is 10.1 Å². The molecule has 4 rings (SSSR count). The van der Waals surface area contributed by atoms with Crippen molar-refractivity contribution in [1.82, 2.24) is 15.5 Å². The van der Waals surface area contributed by atoms with Gasteiger partial charge in [0.15, 0.2) is 11.6 Å². The number of benzene rings is 1. The number of hydrogen-bond donors (Lipinski definition) is 2. The van der Waals surface area contributed by atoms with Crippen LogP contribution in [0.3, 0.4) is 0 Å². The Bertz CT molecular complexity index is 972. The maximum absolute atomic E-state index is 14.3. The summed E-state index contributed by atoms with van der Waals surface area (Å²) >= 11 is 0.